The van der Waals surface area contributed by atoms with E-state index in [0.717, 1.165) is 0 Å². The van der Waals surface area contributed by atoms with Crippen molar-refractivity contribution in [3.63, 3.8) is 0 Å². The summed E-state index contributed by atoms with van der Waals surface area (Å²) in [5, 5.41) is 33.0. The Kier molecular flexibility index (Phi) is 12.8. The van der Waals surface area contributed by atoms with Crippen LogP contribution in [0.3, 0.4) is 0 Å². The highest BCUT2D eigenvalue weighted by atomic mass is 35.5. The van der Waals surface area contributed by atoms with Crippen molar-refractivity contribution in [2.45, 2.75) is 12.8 Å². The third kappa shape index (κ3) is 8.75. The average molecular weight is 462 g/mol. The van der Waals surface area contributed by atoms with E-state index in [1.165, 1.54) is 0 Å². The van der Waals surface area contributed by atoms with Crippen molar-refractivity contribution in [1.82, 2.24) is 16.0 Å². The van der Waals surface area contributed by atoms with Gasteiger partial charge in [0.25, 0.3) is 11.8 Å². The zero-order chi connectivity index (χ0) is 22.3. The number of halogens is 1. The molecule has 9 nitrogen and oxygen atoms in total. The van der Waals surface area contributed by atoms with Gasteiger partial charge in [0.1, 0.15) is 0 Å². The average Bonchev–Trinajstić information content (AvgIpc) is 2.80. The van der Waals surface area contributed by atoms with Crippen LogP contribution in [0.25, 0.3) is 0 Å². The molecule has 0 aliphatic carbocycles. The molecule has 0 unspecified atom stereocenters. The van der Waals surface area contributed by atoms with Crippen LogP contribution >= 0.6 is 12.4 Å². The van der Waals surface area contributed by atoms with Crippen molar-refractivity contribution in [3.8, 4) is 0 Å². The summed E-state index contributed by atoms with van der Waals surface area (Å²) in [6, 6.07) is 17.5. The number of nitrogens with zero attached hydrogens (tertiary/aromatic N) is 2. The fourth-order valence-electron chi connectivity index (χ4n) is 2.78. The molecular formula is C22H28ClN5O4. The van der Waals surface area contributed by atoms with Gasteiger partial charge in [-0.2, -0.15) is 0 Å². The molecule has 2 aromatic carbocycles. The molecule has 0 atom stereocenters. The molecule has 32 heavy (non-hydrogen) atoms. The van der Waals surface area contributed by atoms with Gasteiger partial charge in [-0.1, -0.05) is 71.0 Å². The van der Waals surface area contributed by atoms with Crippen LogP contribution in [0.15, 0.2) is 71.0 Å². The zero-order valence-corrected chi connectivity index (χ0v) is 18.3. The van der Waals surface area contributed by atoms with Crippen LogP contribution in [0, 0.1) is 0 Å². The Balaban J connectivity index is 0.00000512. The molecule has 0 bridgehead atoms. The SMILES string of the molecule is Cl.O=C(NCCCNCCCNC(=O)/C(=N/O)c1ccccc1)/C(=N/O)c1ccccc1. The Morgan fingerprint density at radius 3 is 1.38 bits per heavy atom. The minimum atomic E-state index is -0.434. The summed E-state index contributed by atoms with van der Waals surface area (Å²) < 4.78 is 0. The summed E-state index contributed by atoms with van der Waals surface area (Å²) in [6.07, 6.45) is 1.39. The number of oxime groups is 2. The van der Waals surface area contributed by atoms with Crippen molar-refractivity contribution in [1.29, 1.82) is 0 Å². The number of nitrogens with one attached hydrogen (secondary N) is 3. The lowest BCUT2D eigenvalue weighted by atomic mass is 10.1. The molecule has 0 fully saturated rings. The van der Waals surface area contributed by atoms with E-state index in [1.807, 2.05) is 12.1 Å². The summed E-state index contributed by atoms with van der Waals surface area (Å²) in [6.45, 7) is 2.22. The molecule has 10 heteroatoms. The third-order valence-corrected chi connectivity index (χ3v) is 4.36. The van der Waals surface area contributed by atoms with E-state index in [9.17, 15) is 9.59 Å². The van der Waals surface area contributed by atoms with E-state index < -0.39 is 11.8 Å². The first-order valence-corrected chi connectivity index (χ1v) is 9.99. The number of rotatable bonds is 12. The second-order valence-electron chi connectivity index (χ2n) is 6.60. The van der Waals surface area contributed by atoms with E-state index in [2.05, 4.69) is 26.3 Å². The maximum atomic E-state index is 12.1. The van der Waals surface area contributed by atoms with Gasteiger partial charge in [-0.15, -0.1) is 12.4 Å². The fraction of sp³-hybridized carbons (Fsp3) is 0.273. The van der Waals surface area contributed by atoms with Crippen molar-refractivity contribution in [3.05, 3.63) is 71.8 Å². The molecule has 0 radical (unpaired) electrons. The van der Waals surface area contributed by atoms with E-state index in [-0.39, 0.29) is 23.8 Å². The number of hydrogen-bond donors (Lipinski definition) is 5. The van der Waals surface area contributed by atoms with Crippen LogP contribution in [0.1, 0.15) is 24.0 Å². The molecule has 172 valence electrons. The first kappa shape index (κ1) is 26.6. The van der Waals surface area contributed by atoms with E-state index >= 15 is 0 Å². The van der Waals surface area contributed by atoms with Gasteiger partial charge in [0.15, 0.2) is 11.4 Å². The largest absolute Gasteiger partial charge is 0.410 e. The van der Waals surface area contributed by atoms with E-state index in [4.69, 9.17) is 10.4 Å². The van der Waals surface area contributed by atoms with Crippen LogP contribution in [-0.2, 0) is 9.59 Å². The highest BCUT2D eigenvalue weighted by Crippen LogP contribution is 2.02. The van der Waals surface area contributed by atoms with Crippen molar-refractivity contribution >= 4 is 35.6 Å². The lowest BCUT2D eigenvalue weighted by Gasteiger charge is -2.09. The Morgan fingerprint density at radius 1 is 0.656 bits per heavy atom. The normalized spacial score (nSPS) is 11.4. The smallest absolute Gasteiger partial charge is 0.273 e. The predicted molar refractivity (Wildman–Crippen MR) is 125 cm³/mol. The molecular weight excluding hydrogens is 434 g/mol. The van der Waals surface area contributed by atoms with Crippen LogP contribution < -0.4 is 16.0 Å². The maximum Gasteiger partial charge on any atom is 0.273 e. The van der Waals surface area contributed by atoms with E-state index in [0.29, 0.717) is 50.1 Å². The van der Waals surface area contributed by atoms with Gasteiger partial charge >= 0.3 is 0 Å². The summed E-state index contributed by atoms with van der Waals surface area (Å²) in [4.78, 5) is 24.2. The van der Waals surface area contributed by atoms with Crippen LogP contribution in [0.2, 0.25) is 0 Å². The number of amides is 2. The van der Waals surface area contributed by atoms with Gasteiger partial charge in [-0.05, 0) is 25.9 Å². The number of hydrogen-bond acceptors (Lipinski definition) is 7. The summed E-state index contributed by atoms with van der Waals surface area (Å²) in [7, 11) is 0. The van der Waals surface area contributed by atoms with Gasteiger partial charge in [-0.3, -0.25) is 9.59 Å². The Morgan fingerprint density at radius 2 is 1.03 bits per heavy atom. The molecule has 0 aliphatic rings. The predicted octanol–water partition coefficient (Wildman–Crippen LogP) is 1.77. The monoisotopic (exact) mass is 461 g/mol. The number of carbonyl (C=O) groups is 2. The lowest BCUT2D eigenvalue weighted by molar-refractivity contribution is -0.115. The minimum absolute atomic E-state index is 0. The fourth-order valence-corrected chi connectivity index (χ4v) is 2.78. The maximum absolute atomic E-state index is 12.1. The van der Waals surface area contributed by atoms with Gasteiger partial charge in [0, 0.05) is 24.2 Å². The van der Waals surface area contributed by atoms with Gasteiger partial charge in [0.2, 0.25) is 0 Å². The van der Waals surface area contributed by atoms with Gasteiger partial charge in [-0.25, -0.2) is 0 Å². The molecule has 0 heterocycles. The molecule has 0 saturated heterocycles. The summed E-state index contributed by atoms with van der Waals surface area (Å²) in [5.74, 6) is -0.868. The standard InChI is InChI=1S/C22H27N5O4.ClH/c28-21(19(26-30)17-9-3-1-4-10-17)24-15-7-13-23-14-8-16-25-22(29)20(27-31)18-11-5-2-6-12-18;/h1-6,9-12,23,30-31H,7-8,13-16H2,(H,24,28)(H,25,29);1H/b26-19+,27-20+;. The Labute approximate surface area is 193 Å². The second-order valence-corrected chi connectivity index (χ2v) is 6.60. The van der Waals surface area contributed by atoms with Gasteiger partial charge < -0.3 is 26.4 Å². The van der Waals surface area contributed by atoms with E-state index in [1.54, 1.807) is 48.5 Å². The summed E-state index contributed by atoms with van der Waals surface area (Å²) >= 11 is 0. The number of carbonyl (C=O) groups excluding carboxylic acids is 2. The minimum Gasteiger partial charge on any atom is -0.410 e. The molecule has 2 aromatic rings. The first-order chi connectivity index (χ1) is 15.2. The van der Waals surface area contributed by atoms with Crippen molar-refractivity contribution in [2.75, 3.05) is 26.2 Å². The van der Waals surface area contributed by atoms with Crippen molar-refractivity contribution < 1.29 is 20.0 Å². The molecule has 5 N–H and O–H groups in total. The zero-order valence-electron chi connectivity index (χ0n) is 17.5. The van der Waals surface area contributed by atoms with Crippen molar-refractivity contribution in [2.24, 2.45) is 10.3 Å². The van der Waals surface area contributed by atoms with Crippen LogP contribution in [0.4, 0.5) is 0 Å². The molecule has 2 amide bonds. The molecule has 0 spiro atoms. The topological polar surface area (TPSA) is 135 Å². The van der Waals surface area contributed by atoms with Crippen LogP contribution in [0.5, 0.6) is 0 Å². The summed E-state index contributed by atoms with van der Waals surface area (Å²) in [5.41, 5.74) is 1.05. The highest BCUT2D eigenvalue weighted by Gasteiger charge is 2.14. The van der Waals surface area contributed by atoms with Crippen LogP contribution in [-0.4, -0.2) is 59.8 Å². The second kappa shape index (κ2) is 15.4. The Hall–Kier alpha value is -3.43. The Bertz CT molecular complexity index is 818. The number of benzene rings is 2. The van der Waals surface area contributed by atoms with Gasteiger partial charge in [0.05, 0.1) is 0 Å². The molecule has 0 aromatic heterocycles. The quantitative estimate of drug-likeness (QED) is 0.142. The molecule has 0 aliphatic heterocycles. The molecule has 2 rings (SSSR count). The first-order valence-electron chi connectivity index (χ1n) is 9.99. The third-order valence-electron chi connectivity index (χ3n) is 4.36. The highest BCUT2D eigenvalue weighted by molar-refractivity contribution is 6.45. The molecule has 0 saturated carbocycles. The lowest BCUT2D eigenvalue weighted by Crippen LogP contribution is -2.35.